The Morgan fingerprint density at radius 3 is 2.69 bits per heavy atom. The van der Waals surface area contributed by atoms with E-state index in [4.69, 9.17) is 10.3 Å². The van der Waals surface area contributed by atoms with Crippen molar-refractivity contribution in [3.63, 3.8) is 0 Å². The zero-order valence-corrected chi connectivity index (χ0v) is 9.67. The Morgan fingerprint density at radius 2 is 2.06 bits per heavy atom. The molecule has 0 saturated carbocycles. The summed E-state index contributed by atoms with van der Waals surface area (Å²) in [6.45, 7) is 0. The van der Waals surface area contributed by atoms with Crippen molar-refractivity contribution in [3.8, 4) is 5.75 Å². The van der Waals surface area contributed by atoms with Crippen molar-refractivity contribution in [2.45, 2.75) is 6.36 Å². The highest BCUT2D eigenvalue weighted by atomic mass is 127. The van der Waals surface area contributed by atoms with Crippen molar-refractivity contribution in [1.82, 2.24) is 5.16 Å². The number of nitrogen functional groups attached to an aromatic ring is 1. The van der Waals surface area contributed by atoms with Crippen LogP contribution in [0.25, 0.3) is 11.0 Å². The van der Waals surface area contributed by atoms with Crippen LogP contribution in [0.2, 0.25) is 0 Å². The molecule has 1 aromatic carbocycles. The highest BCUT2D eigenvalue weighted by Gasteiger charge is 2.33. The van der Waals surface area contributed by atoms with Gasteiger partial charge in [0, 0.05) is 3.57 Å². The van der Waals surface area contributed by atoms with Gasteiger partial charge in [-0.3, -0.25) is 0 Å². The van der Waals surface area contributed by atoms with Gasteiger partial charge in [0.1, 0.15) is 0 Å². The number of ether oxygens (including phenoxy) is 1. The minimum atomic E-state index is -4.78. The second-order valence-electron chi connectivity index (χ2n) is 2.87. The zero-order valence-electron chi connectivity index (χ0n) is 7.51. The Labute approximate surface area is 101 Å². The molecule has 2 rings (SSSR count). The maximum absolute atomic E-state index is 12.1. The van der Waals surface area contributed by atoms with Gasteiger partial charge in [0.15, 0.2) is 11.6 Å². The molecule has 0 aliphatic heterocycles. The zero-order chi connectivity index (χ0) is 11.9. The summed E-state index contributed by atoms with van der Waals surface area (Å²) >= 11 is 1.92. The van der Waals surface area contributed by atoms with E-state index in [1.54, 1.807) is 0 Å². The van der Waals surface area contributed by atoms with Crippen LogP contribution in [0.3, 0.4) is 0 Å². The number of benzene rings is 1. The SMILES string of the molecule is Nc1noc2c(OC(F)(F)F)ccc(I)c12. The van der Waals surface area contributed by atoms with Crippen LogP contribution < -0.4 is 10.5 Å². The summed E-state index contributed by atoms with van der Waals surface area (Å²) in [7, 11) is 0. The second kappa shape index (κ2) is 3.68. The average Bonchev–Trinajstić information content (AvgIpc) is 2.52. The summed E-state index contributed by atoms with van der Waals surface area (Å²) in [6.07, 6.45) is -4.78. The summed E-state index contributed by atoms with van der Waals surface area (Å²) in [5.41, 5.74) is 5.35. The van der Waals surface area contributed by atoms with Crippen LogP contribution in [0, 0.1) is 3.57 Å². The number of fused-ring (bicyclic) bond motifs is 1. The van der Waals surface area contributed by atoms with E-state index in [1.165, 1.54) is 6.07 Å². The molecule has 1 aromatic heterocycles. The van der Waals surface area contributed by atoms with E-state index in [0.717, 1.165) is 6.07 Å². The Balaban J connectivity index is 2.60. The van der Waals surface area contributed by atoms with E-state index < -0.39 is 12.1 Å². The lowest BCUT2D eigenvalue weighted by molar-refractivity contribution is -0.274. The highest BCUT2D eigenvalue weighted by molar-refractivity contribution is 14.1. The van der Waals surface area contributed by atoms with Gasteiger partial charge in [0.25, 0.3) is 0 Å². The number of hydrogen-bond donors (Lipinski definition) is 1. The first-order valence-corrected chi connectivity index (χ1v) is 5.05. The third kappa shape index (κ3) is 2.01. The van der Waals surface area contributed by atoms with Gasteiger partial charge in [-0.25, -0.2) is 0 Å². The molecule has 2 N–H and O–H groups in total. The van der Waals surface area contributed by atoms with Crippen molar-refractivity contribution in [3.05, 3.63) is 15.7 Å². The minimum Gasteiger partial charge on any atom is -0.402 e. The fourth-order valence-corrected chi connectivity index (χ4v) is 1.92. The van der Waals surface area contributed by atoms with Gasteiger partial charge in [-0.1, -0.05) is 5.16 Å². The molecule has 2 aromatic rings. The lowest BCUT2D eigenvalue weighted by Gasteiger charge is -2.08. The fraction of sp³-hybridized carbons (Fsp3) is 0.125. The van der Waals surface area contributed by atoms with Gasteiger partial charge in [-0.2, -0.15) is 0 Å². The number of hydrogen-bond acceptors (Lipinski definition) is 4. The van der Waals surface area contributed by atoms with Crippen LogP contribution in [0.5, 0.6) is 5.75 Å². The van der Waals surface area contributed by atoms with Gasteiger partial charge < -0.3 is 15.0 Å². The smallest absolute Gasteiger partial charge is 0.402 e. The minimum absolute atomic E-state index is 0.0343. The molecule has 16 heavy (non-hydrogen) atoms. The molecule has 0 spiro atoms. The number of nitrogens with zero attached hydrogens (tertiary/aromatic N) is 1. The van der Waals surface area contributed by atoms with Crippen molar-refractivity contribution < 1.29 is 22.4 Å². The first kappa shape index (κ1) is 11.3. The normalized spacial score (nSPS) is 12.0. The number of anilines is 1. The molecule has 0 atom stereocenters. The standard InChI is InChI=1S/C8H4F3IN2O2/c9-8(10,11)15-4-2-1-3(12)5-6(4)16-14-7(5)13/h1-2H,(H2,13,14). The third-order valence-corrected chi connectivity index (χ3v) is 2.69. The number of halogens is 4. The summed E-state index contributed by atoms with van der Waals surface area (Å²) in [5.74, 6) is -0.417. The van der Waals surface area contributed by atoms with Crippen molar-refractivity contribution in [1.29, 1.82) is 0 Å². The van der Waals surface area contributed by atoms with E-state index >= 15 is 0 Å². The van der Waals surface area contributed by atoms with Gasteiger partial charge in [-0.05, 0) is 34.7 Å². The Morgan fingerprint density at radius 1 is 1.38 bits per heavy atom. The lowest BCUT2D eigenvalue weighted by atomic mass is 10.2. The Kier molecular flexibility index (Phi) is 2.60. The summed E-state index contributed by atoms with van der Waals surface area (Å²) in [4.78, 5) is 0. The van der Waals surface area contributed by atoms with E-state index in [2.05, 4.69) is 9.89 Å². The first-order valence-electron chi connectivity index (χ1n) is 3.97. The predicted octanol–water partition coefficient (Wildman–Crippen LogP) is 2.91. The molecule has 0 aliphatic carbocycles. The predicted molar refractivity (Wildman–Crippen MR) is 57.8 cm³/mol. The first-order chi connectivity index (χ1) is 7.38. The Bertz CT molecular complexity index is 538. The molecule has 4 nitrogen and oxygen atoms in total. The Hall–Kier alpha value is -1.19. The fourth-order valence-electron chi connectivity index (χ4n) is 1.21. The van der Waals surface area contributed by atoms with Crippen molar-refractivity contribution in [2.75, 3.05) is 5.73 Å². The number of alkyl halides is 3. The molecule has 8 heteroatoms. The summed E-state index contributed by atoms with van der Waals surface area (Å²) < 4.78 is 45.3. The maximum Gasteiger partial charge on any atom is 0.573 e. The molecule has 86 valence electrons. The number of aromatic nitrogens is 1. The number of rotatable bonds is 1. The van der Waals surface area contributed by atoms with Crippen molar-refractivity contribution >= 4 is 39.4 Å². The largest absolute Gasteiger partial charge is 0.573 e. The van der Waals surface area contributed by atoms with Gasteiger partial charge in [0.05, 0.1) is 5.39 Å². The summed E-state index contributed by atoms with van der Waals surface area (Å²) in [5, 5.41) is 3.72. The molecular weight excluding hydrogens is 340 g/mol. The maximum atomic E-state index is 12.1. The monoisotopic (exact) mass is 344 g/mol. The molecule has 0 bridgehead atoms. The highest BCUT2D eigenvalue weighted by Crippen LogP contribution is 2.35. The van der Waals surface area contributed by atoms with Crippen LogP contribution in [0.1, 0.15) is 0 Å². The second-order valence-corrected chi connectivity index (χ2v) is 4.03. The third-order valence-electron chi connectivity index (χ3n) is 1.79. The van der Waals surface area contributed by atoms with Crippen LogP contribution in [-0.4, -0.2) is 11.5 Å². The number of nitrogens with two attached hydrogens (primary N) is 1. The van der Waals surface area contributed by atoms with Gasteiger partial charge in [0.2, 0.25) is 5.58 Å². The molecule has 0 unspecified atom stereocenters. The molecule has 0 aliphatic rings. The average molecular weight is 344 g/mol. The molecule has 0 saturated heterocycles. The molecule has 1 heterocycles. The van der Waals surface area contributed by atoms with E-state index in [0.29, 0.717) is 8.96 Å². The quantitative estimate of drug-likeness (QED) is 0.809. The molecule has 0 amide bonds. The van der Waals surface area contributed by atoms with Crippen LogP contribution in [0.4, 0.5) is 19.0 Å². The topological polar surface area (TPSA) is 61.3 Å². The summed E-state index contributed by atoms with van der Waals surface area (Å²) in [6, 6.07) is 2.60. The lowest BCUT2D eigenvalue weighted by Crippen LogP contribution is -2.17. The molecule has 0 fully saturated rings. The van der Waals surface area contributed by atoms with E-state index in [-0.39, 0.29) is 11.4 Å². The van der Waals surface area contributed by atoms with Gasteiger partial charge in [-0.15, -0.1) is 13.2 Å². The van der Waals surface area contributed by atoms with Crippen LogP contribution in [0.15, 0.2) is 16.7 Å². The molecule has 0 radical (unpaired) electrons. The van der Waals surface area contributed by atoms with Crippen molar-refractivity contribution in [2.24, 2.45) is 0 Å². The molecular formula is C8H4F3IN2O2. The van der Waals surface area contributed by atoms with Crippen LogP contribution in [-0.2, 0) is 0 Å². The van der Waals surface area contributed by atoms with Crippen LogP contribution >= 0.6 is 22.6 Å². The van der Waals surface area contributed by atoms with E-state index in [1.807, 2.05) is 22.6 Å². The van der Waals surface area contributed by atoms with E-state index in [9.17, 15) is 13.2 Å². The van der Waals surface area contributed by atoms with Gasteiger partial charge >= 0.3 is 6.36 Å².